The Morgan fingerprint density at radius 1 is 0.944 bits per heavy atom. The van der Waals surface area contributed by atoms with E-state index < -0.39 is 0 Å². The summed E-state index contributed by atoms with van der Waals surface area (Å²) in [4.78, 5) is 12.0. The molecule has 0 N–H and O–H groups in total. The van der Waals surface area contributed by atoms with Crippen molar-refractivity contribution in [2.75, 3.05) is 6.61 Å². The molecule has 4 unspecified atom stereocenters. The Morgan fingerprint density at radius 2 is 1.67 bits per heavy atom. The van der Waals surface area contributed by atoms with E-state index in [1.807, 2.05) is 0 Å². The lowest BCUT2D eigenvalue weighted by molar-refractivity contribution is -0.151. The van der Waals surface area contributed by atoms with E-state index in [0.29, 0.717) is 36.9 Å². The molecule has 4 fully saturated rings. The molecule has 2 saturated heterocycles. The van der Waals surface area contributed by atoms with E-state index in [1.54, 1.807) is 0 Å². The maximum absolute atomic E-state index is 12.0. The predicted molar refractivity (Wildman–Crippen MR) is 63.0 cm³/mol. The third-order valence-electron chi connectivity index (χ3n) is 4.91. The van der Waals surface area contributed by atoms with Gasteiger partial charge in [0.1, 0.15) is 0 Å². The third-order valence-corrected chi connectivity index (χ3v) is 4.91. The summed E-state index contributed by atoms with van der Waals surface area (Å²) in [6, 6.07) is 0. The first-order valence-corrected chi connectivity index (χ1v) is 7.27. The van der Waals surface area contributed by atoms with Crippen molar-refractivity contribution in [2.24, 2.45) is 11.8 Å². The summed E-state index contributed by atoms with van der Waals surface area (Å²) in [5.41, 5.74) is 0. The zero-order valence-electron chi connectivity index (χ0n) is 10.5. The van der Waals surface area contributed by atoms with Crippen LogP contribution in [0.25, 0.3) is 0 Å². The molecular weight excluding hydrogens is 232 g/mol. The van der Waals surface area contributed by atoms with E-state index in [-0.39, 0.29) is 11.9 Å². The van der Waals surface area contributed by atoms with Crippen LogP contribution in [-0.4, -0.2) is 37.0 Å². The van der Waals surface area contributed by atoms with Gasteiger partial charge in [0.2, 0.25) is 0 Å². The van der Waals surface area contributed by atoms with Gasteiger partial charge in [-0.25, -0.2) is 0 Å². The molecule has 2 heterocycles. The lowest BCUT2D eigenvalue weighted by atomic mass is 9.89. The van der Waals surface area contributed by atoms with E-state index in [4.69, 9.17) is 14.2 Å². The first-order valence-electron chi connectivity index (χ1n) is 7.27. The fourth-order valence-electron chi connectivity index (χ4n) is 3.57. The Balaban J connectivity index is 1.23. The van der Waals surface area contributed by atoms with Crippen molar-refractivity contribution in [2.45, 2.75) is 62.9 Å². The van der Waals surface area contributed by atoms with Crippen LogP contribution < -0.4 is 0 Å². The molecule has 2 aliphatic carbocycles. The van der Waals surface area contributed by atoms with Crippen LogP contribution in [-0.2, 0) is 19.0 Å². The molecule has 0 bridgehead atoms. The molecule has 4 aliphatic rings. The van der Waals surface area contributed by atoms with Gasteiger partial charge in [0.05, 0.1) is 36.9 Å². The maximum atomic E-state index is 12.0. The molecule has 4 nitrogen and oxygen atoms in total. The number of hydrogen-bond donors (Lipinski definition) is 0. The highest BCUT2D eigenvalue weighted by Crippen LogP contribution is 2.41. The summed E-state index contributed by atoms with van der Waals surface area (Å²) in [5, 5.41) is 0. The smallest absolute Gasteiger partial charge is 0.309 e. The molecule has 0 aromatic rings. The van der Waals surface area contributed by atoms with Crippen molar-refractivity contribution in [1.29, 1.82) is 0 Å². The van der Waals surface area contributed by atoms with Gasteiger partial charge in [-0.1, -0.05) is 0 Å². The largest absolute Gasteiger partial charge is 0.465 e. The number of carbonyl (C=O) groups is 1. The number of hydrogen-bond acceptors (Lipinski definition) is 4. The number of carbonyl (C=O) groups excluding carboxylic acids is 1. The summed E-state index contributed by atoms with van der Waals surface area (Å²) < 4.78 is 16.4. The molecular formula is C14H20O4. The Bertz CT molecular complexity index is 356. The van der Waals surface area contributed by atoms with Gasteiger partial charge in [-0.2, -0.15) is 0 Å². The standard InChI is InChI=1S/C14H20O4/c15-14(9-2-4-11-13(6-9)18-11)16-7-8-1-3-10-12(5-8)17-10/h8-13H,1-7H2/t8?,9?,10-,11?,12?,13+/m1/s1. The van der Waals surface area contributed by atoms with Crippen LogP contribution in [0.1, 0.15) is 38.5 Å². The minimum Gasteiger partial charge on any atom is -0.465 e. The monoisotopic (exact) mass is 252 g/mol. The second-order valence-electron chi connectivity index (χ2n) is 6.25. The maximum Gasteiger partial charge on any atom is 0.309 e. The summed E-state index contributed by atoms with van der Waals surface area (Å²) in [6.45, 7) is 0.594. The summed E-state index contributed by atoms with van der Waals surface area (Å²) in [7, 11) is 0. The zero-order valence-corrected chi connectivity index (χ0v) is 10.5. The average Bonchev–Trinajstić information content (AvgIpc) is 3.26. The normalized spacial score (nSPS) is 48.9. The topological polar surface area (TPSA) is 51.4 Å². The van der Waals surface area contributed by atoms with Gasteiger partial charge in [0, 0.05) is 0 Å². The Labute approximate surface area is 107 Å². The Kier molecular flexibility index (Phi) is 2.62. The van der Waals surface area contributed by atoms with Crippen molar-refractivity contribution < 1.29 is 19.0 Å². The van der Waals surface area contributed by atoms with Crippen LogP contribution >= 0.6 is 0 Å². The fourth-order valence-corrected chi connectivity index (χ4v) is 3.57. The molecule has 0 aromatic heterocycles. The molecule has 0 aromatic carbocycles. The minimum atomic E-state index is 0.00258. The van der Waals surface area contributed by atoms with Crippen LogP contribution in [0.2, 0.25) is 0 Å². The fraction of sp³-hybridized carbons (Fsp3) is 0.929. The highest BCUT2D eigenvalue weighted by Gasteiger charge is 2.47. The van der Waals surface area contributed by atoms with Gasteiger partial charge >= 0.3 is 5.97 Å². The van der Waals surface area contributed by atoms with E-state index >= 15 is 0 Å². The minimum absolute atomic E-state index is 0.00258. The van der Waals surface area contributed by atoms with Gasteiger partial charge in [0.15, 0.2) is 0 Å². The predicted octanol–water partition coefficient (Wildman–Crippen LogP) is 1.66. The number of esters is 1. The lowest BCUT2D eigenvalue weighted by Crippen LogP contribution is -2.27. The van der Waals surface area contributed by atoms with Gasteiger partial charge in [-0.15, -0.1) is 0 Å². The van der Waals surface area contributed by atoms with Crippen LogP contribution in [0, 0.1) is 11.8 Å². The average molecular weight is 252 g/mol. The molecule has 6 atom stereocenters. The van der Waals surface area contributed by atoms with Crippen molar-refractivity contribution >= 4 is 5.97 Å². The number of rotatable bonds is 3. The number of fused-ring (bicyclic) bond motifs is 2. The molecule has 100 valence electrons. The van der Waals surface area contributed by atoms with E-state index in [0.717, 1.165) is 38.5 Å². The van der Waals surface area contributed by atoms with E-state index in [1.165, 1.54) is 0 Å². The molecule has 0 radical (unpaired) electrons. The van der Waals surface area contributed by atoms with Crippen molar-refractivity contribution in [3.63, 3.8) is 0 Å². The zero-order chi connectivity index (χ0) is 12.1. The number of epoxide rings is 2. The van der Waals surface area contributed by atoms with Crippen LogP contribution in [0.5, 0.6) is 0 Å². The third kappa shape index (κ3) is 2.16. The SMILES string of the molecule is O=C(OCC1CC[C@H]2OC2C1)C1CCC2O[C@H]2C1. The van der Waals surface area contributed by atoms with Gasteiger partial charge in [0.25, 0.3) is 0 Å². The van der Waals surface area contributed by atoms with Gasteiger partial charge < -0.3 is 14.2 Å². The van der Waals surface area contributed by atoms with Crippen molar-refractivity contribution in [3.8, 4) is 0 Å². The lowest BCUT2D eigenvalue weighted by Gasteiger charge is -2.21. The van der Waals surface area contributed by atoms with Gasteiger partial charge in [-0.05, 0) is 44.4 Å². The van der Waals surface area contributed by atoms with Gasteiger partial charge in [-0.3, -0.25) is 4.79 Å². The van der Waals surface area contributed by atoms with Crippen LogP contribution in [0.3, 0.4) is 0 Å². The second-order valence-corrected chi connectivity index (χ2v) is 6.25. The van der Waals surface area contributed by atoms with Crippen LogP contribution in [0.4, 0.5) is 0 Å². The van der Waals surface area contributed by atoms with Crippen LogP contribution in [0.15, 0.2) is 0 Å². The Hall–Kier alpha value is -0.610. The molecule has 4 heteroatoms. The highest BCUT2D eigenvalue weighted by atomic mass is 16.6. The highest BCUT2D eigenvalue weighted by molar-refractivity contribution is 5.72. The van der Waals surface area contributed by atoms with Crippen molar-refractivity contribution in [1.82, 2.24) is 0 Å². The first kappa shape index (κ1) is 11.2. The summed E-state index contributed by atoms with van der Waals surface area (Å²) >= 11 is 0. The first-order chi connectivity index (χ1) is 8.79. The molecule has 2 aliphatic heterocycles. The second kappa shape index (κ2) is 4.20. The Morgan fingerprint density at radius 3 is 2.39 bits per heavy atom. The molecule has 18 heavy (non-hydrogen) atoms. The number of ether oxygens (including phenoxy) is 3. The summed E-state index contributed by atoms with van der Waals surface area (Å²) in [5.74, 6) is 0.608. The molecule has 0 amide bonds. The van der Waals surface area contributed by atoms with E-state index in [2.05, 4.69) is 0 Å². The molecule has 2 saturated carbocycles. The summed E-state index contributed by atoms with van der Waals surface area (Å²) in [6.07, 6.45) is 8.03. The molecule has 0 spiro atoms. The molecule has 4 rings (SSSR count). The quantitative estimate of drug-likeness (QED) is 0.566. The van der Waals surface area contributed by atoms with E-state index in [9.17, 15) is 4.79 Å². The van der Waals surface area contributed by atoms with Crippen molar-refractivity contribution in [3.05, 3.63) is 0 Å².